The highest BCUT2D eigenvalue weighted by Gasteiger charge is 2.30. The van der Waals surface area contributed by atoms with E-state index in [2.05, 4.69) is 10.6 Å². The van der Waals surface area contributed by atoms with Crippen molar-refractivity contribution in [3.05, 3.63) is 0 Å². The van der Waals surface area contributed by atoms with Crippen molar-refractivity contribution in [2.24, 2.45) is 5.92 Å². The maximum atomic E-state index is 11.5. The molecule has 0 aromatic carbocycles. The van der Waals surface area contributed by atoms with E-state index in [1.165, 1.54) is 6.42 Å². The molecule has 0 bridgehead atoms. The molecule has 0 heterocycles. The lowest BCUT2D eigenvalue weighted by molar-refractivity contribution is -0.141. The van der Waals surface area contributed by atoms with E-state index in [0.29, 0.717) is 6.54 Å². The second-order valence-electron chi connectivity index (χ2n) is 4.61. The van der Waals surface area contributed by atoms with Crippen LogP contribution in [0.25, 0.3) is 0 Å². The molecular weight excluding hydrogens is 220 g/mol. The Labute approximate surface area is 102 Å². The highest BCUT2D eigenvalue weighted by molar-refractivity contribution is 5.82. The molecule has 1 unspecified atom stereocenters. The normalized spacial score (nSPS) is 18.4. The number of carboxylic acids is 1. The van der Waals surface area contributed by atoms with Crippen LogP contribution in [0.3, 0.4) is 0 Å². The zero-order valence-corrected chi connectivity index (χ0v) is 10.4. The Hall–Kier alpha value is -1.26. The van der Waals surface area contributed by atoms with Crippen molar-refractivity contribution in [3.8, 4) is 0 Å². The van der Waals surface area contributed by atoms with Crippen molar-refractivity contribution in [3.63, 3.8) is 0 Å². The fourth-order valence-electron chi connectivity index (χ4n) is 2.28. The summed E-state index contributed by atoms with van der Waals surface area (Å²) in [5, 5.41) is 14.4. The number of amides is 2. The van der Waals surface area contributed by atoms with Gasteiger partial charge in [-0.1, -0.05) is 26.2 Å². The first-order chi connectivity index (χ1) is 8.15. The minimum Gasteiger partial charge on any atom is -0.480 e. The van der Waals surface area contributed by atoms with Gasteiger partial charge in [-0.25, -0.2) is 9.59 Å². The van der Waals surface area contributed by atoms with Gasteiger partial charge in [0, 0.05) is 6.54 Å². The Morgan fingerprint density at radius 2 is 1.94 bits per heavy atom. The zero-order chi connectivity index (χ0) is 12.7. The van der Waals surface area contributed by atoms with Gasteiger partial charge in [0.2, 0.25) is 0 Å². The van der Waals surface area contributed by atoms with Gasteiger partial charge in [0.1, 0.15) is 6.04 Å². The lowest BCUT2D eigenvalue weighted by atomic mass is 9.84. The molecule has 1 aliphatic rings. The van der Waals surface area contributed by atoms with E-state index in [4.69, 9.17) is 5.11 Å². The highest BCUT2D eigenvalue weighted by Crippen LogP contribution is 2.26. The third-order valence-corrected chi connectivity index (χ3v) is 3.21. The van der Waals surface area contributed by atoms with Gasteiger partial charge in [0.15, 0.2) is 0 Å². The van der Waals surface area contributed by atoms with Gasteiger partial charge >= 0.3 is 12.0 Å². The molecule has 0 spiro atoms. The number of nitrogens with one attached hydrogen (secondary N) is 2. The molecule has 2 amide bonds. The van der Waals surface area contributed by atoms with E-state index in [-0.39, 0.29) is 11.9 Å². The van der Waals surface area contributed by atoms with Crippen LogP contribution in [0.15, 0.2) is 0 Å². The van der Waals surface area contributed by atoms with Crippen molar-refractivity contribution in [2.75, 3.05) is 6.54 Å². The molecule has 1 fully saturated rings. The molecule has 0 aromatic rings. The number of carbonyl (C=O) groups is 2. The third kappa shape index (κ3) is 4.63. The summed E-state index contributed by atoms with van der Waals surface area (Å²) in [6.07, 6.45) is 5.93. The van der Waals surface area contributed by atoms with Crippen molar-refractivity contribution >= 4 is 12.0 Å². The van der Waals surface area contributed by atoms with Crippen molar-refractivity contribution in [2.45, 2.75) is 51.5 Å². The van der Waals surface area contributed by atoms with Gasteiger partial charge in [0.25, 0.3) is 0 Å². The van der Waals surface area contributed by atoms with Crippen molar-refractivity contribution in [1.82, 2.24) is 10.6 Å². The molecule has 0 radical (unpaired) electrons. The van der Waals surface area contributed by atoms with Crippen LogP contribution >= 0.6 is 0 Å². The largest absolute Gasteiger partial charge is 0.480 e. The zero-order valence-electron chi connectivity index (χ0n) is 10.4. The van der Waals surface area contributed by atoms with Crippen LogP contribution in [0.5, 0.6) is 0 Å². The third-order valence-electron chi connectivity index (χ3n) is 3.21. The molecule has 0 aliphatic heterocycles. The van der Waals surface area contributed by atoms with Crippen LogP contribution in [0.4, 0.5) is 4.79 Å². The molecule has 1 atom stereocenters. The Kier molecular flexibility index (Phi) is 5.80. The lowest BCUT2D eigenvalue weighted by Gasteiger charge is -2.28. The number of hydrogen-bond acceptors (Lipinski definition) is 2. The number of carbonyl (C=O) groups excluding carboxylic acids is 1. The average Bonchev–Trinajstić information content (AvgIpc) is 2.34. The Morgan fingerprint density at radius 3 is 2.47 bits per heavy atom. The second kappa shape index (κ2) is 7.14. The second-order valence-corrected chi connectivity index (χ2v) is 4.61. The minimum absolute atomic E-state index is 0.0774. The molecule has 0 aromatic heterocycles. The van der Waals surface area contributed by atoms with Crippen LogP contribution in [-0.4, -0.2) is 29.7 Å². The van der Waals surface area contributed by atoms with Gasteiger partial charge in [-0.3, -0.25) is 0 Å². The Bertz CT molecular complexity index is 262. The van der Waals surface area contributed by atoms with E-state index in [1.807, 2.05) is 6.92 Å². The lowest BCUT2D eigenvalue weighted by Crippen LogP contribution is -2.50. The standard InChI is InChI=1S/C12H22N2O3/c1-2-8-13-12(17)14-10(11(15)16)9-6-4-3-5-7-9/h9-10H,2-8H2,1H3,(H,15,16)(H2,13,14,17). The maximum Gasteiger partial charge on any atom is 0.326 e. The molecule has 5 heteroatoms. The minimum atomic E-state index is -0.927. The first-order valence-electron chi connectivity index (χ1n) is 6.42. The Balaban J connectivity index is 2.47. The van der Waals surface area contributed by atoms with Gasteiger partial charge in [-0.2, -0.15) is 0 Å². The van der Waals surface area contributed by atoms with Crippen LogP contribution in [0.1, 0.15) is 45.4 Å². The predicted molar refractivity (Wildman–Crippen MR) is 64.8 cm³/mol. The van der Waals surface area contributed by atoms with Crippen LogP contribution in [-0.2, 0) is 4.79 Å². The van der Waals surface area contributed by atoms with Crippen molar-refractivity contribution < 1.29 is 14.7 Å². The molecule has 1 rings (SSSR count). The highest BCUT2D eigenvalue weighted by atomic mass is 16.4. The number of carboxylic acid groups (broad SMARTS) is 1. The van der Waals surface area contributed by atoms with E-state index < -0.39 is 12.0 Å². The smallest absolute Gasteiger partial charge is 0.326 e. The van der Waals surface area contributed by atoms with Gasteiger partial charge in [0.05, 0.1) is 0 Å². The number of urea groups is 1. The summed E-state index contributed by atoms with van der Waals surface area (Å²) in [4.78, 5) is 22.6. The van der Waals surface area contributed by atoms with Gasteiger partial charge in [-0.15, -0.1) is 0 Å². The van der Waals surface area contributed by atoms with E-state index in [0.717, 1.165) is 32.1 Å². The van der Waals surface area contributed by atoms with Gasteiger partial charge in [-0.05, 0) is 25.2 Å². The maximum absolute atomic E-state index is 11.5. The summed E-state index contributed by atoms with van der Waals surface area (Å²) in [6.45, 7) is 2.53. The summed E-state index contributed by atoms with van der Waals surface area (Å²) in [5.74, 6) is -0.850. The summed E-state index contributed by atoms with van der Waals surface area (Å²) in [7, 11) is 0. The molecule has 17 heavy (non-hydrogen) atoms. The van der Waals surface area contributed by atoms with Crippen molar-refractivity contribution in [1.29, 1.82) is 0 Å². The van der Waals surface area contributed by atoms with E-state index in [1.54, 1.807) is 0 Å². The average molecular weight is 242 g/mol. The quantitative estimate of drug-likeness (QED) is 0.687. The Morgan fingerprint density at radius 1 is 1.29 bits per heavy atom. The van der Waals surface area contributed by atoms with Crippen LogP contribution < -0.4 is 10.6 Å². The molecule has 3 N–H and O–H groups in total. The predicted octanol–water partition coefficient (Wildman–Crippen LogP) is 1.73. The van der Waals surface area contributed by atoms with E-state index >= 15 is 0 Å². The first kappa shape index (κ1) is 13.8. The topological polar surface area (TPSA) is 78.4 Å². The fraction of sp³-hybridized carbons (Fsp3) is 0.833. The molecule has 0 saturated heterocycles. The summed E-state index contributed by atoms with van der Waals surface area (Å²) in [6, 6.07) is -1.11. The molecule has 98 valence electrons. The monoisotopic (exact) mass is 242 g/mol. The summed E-state index contributed by atoms with van der Waals surface area (Å²) >= 11 is 0. The van der Waals surface area contributed by atoms with E-state index in [9.17, 15) is 9.59 Å². The molecular formula is C12H22N2O3. The molecule has 1 aliphatic carbocycles. The number of rotatable bonds is 5. The summed E-state index contributed by atoms with van der Waals surface area (Å²) < 4.78 is 0. The van der Waals surface area contributed by atoms with Gasteiger partial charge < -0.3 is 15.7 Å². The number of aliphatic carboxylic acids is 1. The van der Waals surface area contributed by atoms with Crippen LogP contribution in [0.2, 0.25) is 0 Å². The summed E-state index contributed by atoms with van der Waals surface area (Å²) in [5.41, 5.74) is 0. The fourth-order valence-corrected chi connectivity index (χ4v) is 2.28. The SMILES string of the molecule is CCCNC(=O)NC(C(=O)O)C1CCCCC1. The molecule has 5 nitrogen and oxygen atoms in total. The molecule has 1 saturated carbocycles. The first-order valence-corrected chi connectivity index (χ1v) is 6.42. The van der Waals surface area contributed by atoms with Crippen LogP contribution in [0, 0.1) is 5.92 Å². The number of hydrogen-bond donors (Lipinski definition) is 3.